The average molecular weight is 803 g/mol. The first-order valence-corrected chi connectivity index (χ1v) is 18.4. The number of ether oxygens (including phenoxy) is 1. The van der Waals surface area contributed by atoms with Gasteiger partial charge in [0, 0.05) is 46.4 Å². The molecule has 302 valence electrons. The zero-order chi connectivity index (χ0) is 42.5. The first-order valence-electron chi connectivity index (χ1n) is 18.0. The molecule has 0 aliphatic rings. The van der Waals surface area contributed by atoms with Gasteiger partial charge in [0.2, 0.25) is 5.91 Å². The highest BCUT2D eigenvalue weighted by molar-refractivity contribution is 6.32. The van der Waals surface area contributed by atoms with Gasteiger partial charge in [0.15, 0.2) is 0 Å². The predicted octanol–water partition coefficient (Wildman–Crippen LogP) is 6.97. The van der Waals surface area contributed by atoms with Crippen LogP contribution < -0.4 is 21.5 Å². The maximum Gasteiger partial charge on any atom is 0.426 e. The van der Waals surface area contributed by atoms with Crippen LogP contribution >= 0.6 is 11.6 Å². The molecule has 0 unspecified atom stereocenters. The number of aromatic nitrogens is 2. The molecule has 0 bridgehead atoms. The van der Waals surface area contributed by atoms with Crippen molar-refractivity contribution in [1.82, 2.24) is 26.1 Å². The number of hydrogen-bond acceptors (Lipinski definition) is 9. The minimum absolute atomic E-state index is 0.0296. The monoisotopic (exact) mass is 802 g/mol. The molecule has 6 N–H and O–H groups in total. The Kier molecular flexibility index (Phi) is 19.1. The predicted molar refractivity (Wildman–Crippen MR) is 217 cm³/mol. The molecule has 57 heavy (non-hydrogen) atoms. The number of anilines is 1. The SMILES string of the molecule is CC.CCCCCCNC(=O)c1ccc(C#Cc2ccc(-c3cc(C(=O)NNC(=O)OC(C)(C)C)c4cnc(NC(=O)CC(=O)O)cc4n3)cc2)c(Cl)c1.O=CO. The third-order valence-electron chi connectivity index (χ3n) is 7.26. The van der Waals surface area contributed by atoms with Crippen molar-refractivity contribution < 1.29 is 43.7 Å². The normalized spacial score (nSPS) is 10.2. The van der Waals surface area contributed by atoms with Crippen LogP contribution in [0.2, 0.25) is 5.02 Å². The Morgan fingerprint density at radius 3 is 2.21 bits per heavy atom. The molecule has 16 heteroatoms. The molecule has 0 fully saturated rings. The number of nitrogens with zero attached hydrogens (tertiary/aromatic N) is 2. The number of amides is 4. The molecule has 2 heterocycles. The molecule has 0 radical (unpaired) electrons. The number of hydrogen-bond donors (Lipinski definition) is 6. The van der Waals surface area contributed by atoms with Gasteiger partial charge >= 0.3 is 12.1 Å². The van der Waals surface area contributed by atoms with Crippen molar-refractivity contribution in [2.45, 2.75) is 79.2 Å². The second-order valence-corrected chi connectivity index (χ2v) is 13.2. The van der Waals surface area contributed by atoms with Crippen LogP contribution in [-0.4, -0.2) is 68.6 Å². The van der Waals surface area contributed by atoms with Gasteiger partial charge in [0.1, 0.15) is 17.8 Å². The summed E-state index contributed by atoms with van der Waals surface area (Å²) >= 11 is 6.46. The third kappa shape index (κ3) is 16.0. The Morgan fingerprint density at radius 1 is 0.912 bits per heavy atom. The summed E-state index contributed by atoms with van der Waals surface area (Å²) in [6.07, 6.45) is 3.92. The van der Waals surface area contributed by atoms with E-state index in [9.17, 15) is 24.0 Å². The molecule has 2 aromatic heterocycles. The third-order valence-corrected chi connectivity index (χ3v) is 7.58. The topological polar surface area (TPSA) is 226 Å². The number of benzene rings is 2. The number of carboxylic acids is 1. The zero-order valence-electron chi connectivity index (χ0n) is 32.6. The van der Waals surface area contributed by atoms with Gasteiger partial charge in [-0.15, -0.1) is 0 Å². The van der Waals surface area contributed by atoms with E-state index in [1.54, 1.807) is 63.2 Å². The number of carboxylic acid groups (broad SMARTS) is 2. The number of halogens is 1. The van der Waals surface area contributed by atoms with Crippen LogP contribution in [0.1, 0.15) is 105 Å². The van der Waals surface area contributed by atoms with Gasteiger partial charge in [-0.2, -0.15) is 0 Å². The van der Waals surface area contributed by atoms with E-state index in [0.29, 0.717) is 44.9 Å². The number of fused-ring (bicyclic) bond motifs is 1. The molecule has 0 saturated heterocycles. The molecular weight excluding hydrogens is 756 g/mol. The van der Waals surface area contributed by atoms with E-state index in [1.165, 1.54) is 18.3 Å². The van der Waals surface area contributed by atoms with Crippen molar-refractivity contribution in [2.24, 2.45) is 0 Å². The second kappa shape index (κ2) is 23.4. The standard InChI is InChI=1S/C38H39ClN6O7.C2H6.CH2O2/c1-5-6-7-8-17-40-35(49)26-16-15-24(29(39)18-26)12-9-23-10-13-25(14-11-23)30-19-27(36(50)44-45-37(51)52-38(2,3)4)28-22-41-32(20-31(28)42-30)43-33(46)21-34(47)48;1-2;2-1-3/h10-11,13-16,18-20,22H,5-8,17,21H2,1-4H3,(H,40,49)(H,44,50)(H,45,51)(H,47,48)(H,41,43,46);1-2H3;1H,(H,2,3). The lowest BCUT2D eigenvalue weighted by Crippen LogP contribution is -2.44. The highest BCUT2D eigenvalue weighted by atomic mass is 35.5. The number of nitrogens with one attached hydrogen (secondary N) is 4. The number of unbranched alkanes of at least 4 members (excludes halogenated alkanes) is 3. The molecule has 2 aromatic carbocycles. The molecule has 0 atom stereocenters. The van der Waals surface area contributed by atoms with Crippen molar-refractivity contribution >= 4 is 64.6 Å². The Balaban J connectivity index is 0.00000214. The number of carbonyl (C=O) groups excluding carboxylic acids is 4. The Bertz CT molecular complexity index is 2110. The molecule has 0 spiro atoms. The van der Waals surface area contributed by atoms with E-state index in [-0.39, 0.29) is 29.3 Å². The Morgan fingerprint density at radius 2 is 1.60 bits per heavy atom. The molecular formula is C41H47ClN6O9. The summed E-state index contributed by atoms with van der Waals surface area (Å²) in [6, 6.07) is 14.9. The summed E-state index contributed by atoms with van der Waals surface area (Å²) < 4.78 is 5.18. The van der Waals surface area contributed by atoms with Gasteiger partial charge in [-0.1, -0.05) is 75.6 Å². The van der Waals surface area contributed by atoms with Crippen molar-refractivity contribution in [3.05, 3.63) is 88.1 Å². The summed E-state index contributed by atoms with van der Waals surface area (Å²) in [4.78, 5) is 78.2. The first kappa shape index (κ1) is 46.6. The maximum atomic E-state index is 13.3. The summed E-state index contributed by atoms with van der Waals surface area (Å²) in [6.45, 7) is 11.5. The summed E-state index contributed by atoms with van der Waals surface area (Å²) in [5.41, 5.74) is 6.74. The minimum Gasteiger partial charge on any atom is -0.483 e. The van der Waals surface area contributed by atoms with Crippen LogP contribution in [0.25, 0.3) is 22.2 Å². The lowest BCUT2D eigenvalue weighted by molar-refractivity contribution is -0.139. The van der Waals surface area contributed by atoms with Gasteiger partial charge in [-0.05, 0) is 63.6 Å². The van der Waals surface area contributed by atoms with Gasteiger partial charge in [0.25, 0.3) is 18.3 Å². The van der Waals surface area contributed by atoms with E-state index < -0.39 is 35.9 Å². The molecule has 4 amide bonds. The molecule has 0 aliphatic carbocycles. The summed E-state index contributed by atoms with van der Waals surface area (Å²) in [5, 5.41) is 21.8. The van der Waals surface area contributed by atoms with Crippen LogP contribution in [0.4, 0.5) is 10.6 Å². The second-order valence-electron chi connectivity index (χ2n) is 12.8. The largest absolute Gasteiger partial charge is 0.483 e. The van der Waals surface area contributed by atoms with Crippen LogP contribution in [0.15, 0.2) is 60.8 Å². The van der Waals surface area contributed by atoms with Crippen molar-refractivity contribution in [3.63, 3.8) is 0 Å². The first-order chi connectivity index (χ1) is 27.1. The molecule has 0 aliphatic heterocycles. The molecule has 4 aromatic rings. The van der Waals surface area contributed by atoms with E-state index in [4.69, 9.17) is 31.3 Å². The van der Waals surface area contributed by atoms with Gasteiger partial charge in [0.05, 0.1) is 21.8 Å². The van der Waals surface area contributed by atoms with E-state index in [0.717, 1.165) is 25.7 Å². The van der Waals surface area contributed by atoms with Gasteiger partial charge in [-0.25, -0.2) is 20.2 Å². The van der Waals surface area contributed by atoms with Gasteiger partial charge in [-0.3, -0.25) is 29.4 Å². The number of carbonyl (C=O) groups is 6. The smallest absolute Gasteiger partial charge is 0.426 e. The quantitative estimate of drug-likeness (QED) is 0.0298. The fraction of sp³-hybridized carbons (Fsp3) is 0.317. The Labute approximate surface area is 335 Å². The lowest BCUT2D eigenvalue weighted by atomic mass is 10.0. The summed E-state index contributed by atoms with van der Waals surface area (Å²) in [7, 11) is 0. The van der Waals surface area contributed by atoms with Crippen LogP contribution in [0.5, 0.6) is 0 Å². The van der Waals surface area contributed by atoms with Crippen LogP contribution in [-0.2, 0) is 19.1 Å². The Hall–Kier alpha value is -6.53. The number of hydrazine groups is 1. The number of rotatable bonds is 11. The van der Waals surface area contributed by atoms with E-state index in [1.807, 2.05) is 13.8 Å². The van der Waals surface area contributed by atoms with E-state index >= 15 is 0 Å². The van der Waals surface area contributed by atoms with Gasteiger partial charge < -0.3 is 25.6 Å². The van der Waals surface area contributed by atoms with Crippen LogP contribution in [0.3, 0.4) is 0 Å². The fourth-order valence-electron chi connectivity index (χ4n) is 4.81. The highest BCUT2D eigenvalue weighted by Gasteiger charge is 2.20. The van der Waals surface area contributed by atoms with Crippen LogP contribution in [0, 0.1) is 11.8 Å². The number of aliphatic carboxylic acids is 1. The van der Waals surface area contributed by atoms with Crippen molar-refractivity contribution in [2.75, 3.05) is 11.9 Å². The number of pyridine rings is 2. The fourth-order valence-corrected chi connectivity index (χ4v) is 5.03. The molecule has 4 rings (SSSR count). The molecule has 15 nitrogen and oxygen atoms in total. The zero-order valence-corrected chi connectivity index (χ0v) is 33.4. The molecule has 0 saturated carbocycles. The summed E-state index contributed by atoms with van der Waals surface area (Å²) in [5.74, 6) is 3.15. The van der Waals surface area contributed by atoms with E-state index in [2.05, 4.69) is 50.2 Å². The lowest BCUT2D eigenvalue weighted by Gasteiger charge is -2.20. The minimum atomic E-state index is -1.31. The van der Waals surface area contributed by atoms with Crippen molar-refractivity contribution in [3.8, 4) is 23.1 Å². The highest BCUT2D eigenvalue weighted by Crippen LogP contribution is 2.27. The maximum absolute atomic E-state index is 13.3. The average Bonchev–Trinajstić information content (AvgIpc) is 3.16. The van der Waals surface area contributed by atoms with Crippen molar-refractivity contribution in [1.29, 1.82) is 0 Å².